The van der Waals surface area contributed by atoms with E-state index in [0.717, 1.165) is 24.8 Å². The van der Waals surface area contributed by atoms with Crippen LogP contribution in [0.3, 0.4) is 0 Å². The predicted molar refractivity (Wildman–Crippen MR) is 80.7 cm³/mol. The fraction of sp³-hybridized carbons (Fsp3) is 0.533. The van der Waals surface area contributed by atoms with E-state index in [9.17, 15) is 9.18 Å². The molecule has 0 aliphatic carbocycles. The number of hydrogen-bond donors (Lipinski definition) is 1. The standard InChI is InChI=1S/C15H20BrFN2O/c1-2-8-19-14(20)5-3-4-13(18)15(19)10-6-7-11(16)12(17)9-10/h6-7,9,13,15H,2-5,8,18H2,1H3. The Bertz CT molecular complexity index is 495. The average Bonchev–Trinajstić information content (AvgIpc) is 2.54. The first kappa shape index (κ1) is 15.4. The minimum atomic E-state index is -0.317. The third kappa shape index (κ3) is 3.20. The number of nitrogens with zero attached hydrogens (tertiary/aromatic N) is 1. The Labute approximate surface area is 127 Å². The Balaban J connectivity index is 2.40. The van der Waals surface area contributed by atoms with Gasteiger partial charge in [0.2, 0.25) is 5.91 Å². The molecule has 1 aliphatic heterocycles. The topological polar surface area (TPSA) is 46.3 Å². The maximum atomic E-state index is 13.8. The number of rotatable bonds is 3. The van der Waals surface area contributed by atoms with E-state index < -0.39 is 0 Å². The molecule has 3 nitrogen and oxygen atoms in total. The number of nitrogens with two attached hydrogens (primary N) is 1. The summed E-state index contributed by atoms with van der Waals surface area (Å²) in [6, 6.07) is 4.63. The summed E-state index contributed by atoms with van der Waals surface area (Å²) in [6.45, 7) is 2.69. The van der Waals surface area contributed by atoms with Crippen molar-refractivity contribution in [2.75, 3.05) is 6.54 Å². The molecule has 2 unspecified atom stereocenters. The van der Waals surface area contributed by atoms with Gasteiger partial charge in [0.25, 0.3) is 0 Å². The van der Waals surface area contributed by atoms with Crippen molar-refractivity contribution < 1.29 is 9.18 Å². The molecule has 1 aromatic carbocycles. The lowest BCUT2D eigenvalue weighted by Gasteiger charge is -2.34. The van der Waals surface area contributed by atoms with Crippen molar-refractivity contribution >= 4 is 21.8 Å². The van der Waals surface area contributed by atoms with Gasteiger partial charge in [-0.3, -0.25) is 4.79 Å². The summed E-state index contributed by atoms with van der Waals surface area (Å²) in [6.07, 6.45) is 2.99. The lowest BCUT2D eigenvalue weighted by Crippen LogP contribution is -2.42. The zero-order chi connectivity index (χ0) is 14.7. The molecule has 2 rings (SSSR count). The van der Waals surface area contributed by atoms with Crippen molar-refractivity contribution in [2.45, 2.75) is 44.7 Å². The van der Waals surface area contributed by atoms with Crippen molar-refractivity contribution in [3.63, 3.8) is 0 Å². The minimum absolute atomic E-state index is 0.119. The number of halogens is 2. The third-order valence-electron chi connectivity index (χ3n) is 3.74. The van der Waals surface area contributed by atoms with Gasteiger partial charge in [0.05, 0.1) is 10.5 Å². The van der Waals surface area contributed by atoms with Gasteiger partial charge < -0.3 is 10.6 Å². The lowest BCUT2D eigenvalue weighted by molar-refractivity contribution is -0.133. The van der Waals surface area contributed by atoms with Crippen molar-refractivity contribution in [1.29, 1.82) is 0 Å². The summed E-state index contributed by atoms with van der Waals surface area (Å²) in [5, 5.41) is 0. The highest BCUT2D eigenvalue weighted by Crippen LogP contribution is 2.31. The molecular weight excluding hydrogens is 323 g/mol. The molecule has 1 amide bonds. The lowest BCUT2D eigenvalue weighted by atomic mass is 9.96. The van der Waals surface area contributed by atoms with Gasteiger partial charge in [-0.1, -0.05) is 13.0 Å². The summed E-state index contributed by atoms with van der Waals surface area (Å²) >= 11 is 3.15. The van der Waals surface area contributed by atoms with Crippen LogP contribution in [-0.2, 0) is 4.79 Å². The first-order valence-electron chi connectivity index (χ1n) is 7.04. The second kappa shape index (κ2) is 6.68. The molecule has 1 aliphatic rings. The molecule has 1 fully saturated rings. The SMILES string of the molecule is CCCN1C(=O)CCCC(N)C1c1ccc(Br)c(F)c1. The van der Waals surface area contributed by atoms with Crippen molar-refractivity contribution in [3.8, 4) is 0 Å². The average molecular weight is 343 g/mol. The van der Waals surface area contributed by atoms with Gasteiger partial charge in [-0.25, -0.2) is 4.39 Å². The van der Waals surface area contributed by atoms with Crippen LogP contribution in [0.1, 0.15) is 44.2 Å². The molecular formula is C15H20BrFN2O. The maximum Gasteiger partial charge on any atom is 0.223 e. The number of carbonyl (C=O) groups excluding carboxylic acids is 1. The van der Waals surface area contributed by atoms with E-state index in [1.807, 2.05) is 17.9 Å². The van der Waals surface area contributed by atoms with Gasteiger partial charge in [-0.2, -0.15) is 0 Å². The van der Waals surface area contributed by atoms with Crippen molar-refractivity contribution in [2.24, 2.45) is 5.73 Å². The van der Waals surface area contributed by atoms with Crippen LogP contribution in [-0.4, -0.2) is 23.4 Å². The molecule has 0 radical (unpaired) electrons. The normalized spacial score (nSPS) is 23.8. The second-order valence-corrected chi connectivity index (χ2v) is 6.12. The number of hydrogen-bond acceptors (Lipinski definition) is 2. The highest BCUT2D eigenvalue weighted by atomic mass is 79.9. The Hall–Kier alpha value is -0.940. The molecule has 0 saturated carbocycles. The zero-order valence-electron chi connectivity index (χ0n) is 11.6. The summed E-state index contributed by atoms with van der Waals surface area (Å²) in [5.41, 5.74) is 7.03. The second-order valence-electron chi connectivity index (χ2n) is 5.26. The number of carbonyl (C=O) groups is 1. The summed E-state index contributed by atoms with van der Waals surface area (Å²) in [7, 11) is 0. The molecule has 1 heterocycles. The van der Waals surface area contributed by atoms with Crippen molar-refractivity contribution in [1.82, 2.24) is 4.90 Å². The van der Waals surface area contributed by atoms with Crippen LogP contribution < -0.4 is 5.73 Å². The minimum Gasteiger partial charge on any atom is -0.334 e. The molecule has 0 aromatic heterocycles. The quantitative estimate of drug-likeness (QED) is 0.915. The zero-order valence-corrected chi connectivity index (χ0v) is 13.2. The number of likely N-dealkylation sites (tertiary alicyclic amines) is 1. The third-order valence-corrected chi connectivity index (χ3v) is 4.38. The molecule has 0 bridgehead atoms. The molecule has 1 aromatic rings. The van der Waals surface area contributed by atoms with Crippen molar-refractivity contribution in [3.05, 3.63) is 34.1 Å². The molecule has 110 valence electrons. The van der Waals surface area contributed by atoms with Crippen LogP contribution in [0.5, 0.6) is 0 Å². The van der Waals surface area contributed by atoms with Crippen LogP contribution in [0.15, 0.2) is 22.7 Å². The highest BCUT2D eigenvalue weighted by Gasteiger charge is 2.32. The Morgan fingerprint density at radius 2 is 2.25 bits per heavy atom. The Morgan fingerprint density at radius 3 is 2.90 bits per heavy atom. The van der Waals surface area contributed by atoms with Gasteiger partial charge in [0.1, 0.15) is 5.82 Å². The monoisotopic (exact) mass is 342 g/mol. The van der Waals surface area contributed by atoms with E-state index in [-0.39, 0.29) is 23.8 Å². The van der Waals surface area contributed by atoms with Gasteiger partial charge in [-0.05, 0) is 52.9 Å². The predicted octanol–water partition coefficient (Wildman–Crippen LogP) is 3.38. The van der Waals surface area contributed by atoms with E-state index >= 15 is 0 Å². The van der Waals surface area contributed by atoms with Gasteiger partial charge in [0.15, 0.2) is 0 Å². The fourth-order valence-electron chi connectivity index (χ4n) is 2.80. The van der Waals surface area contributed by atoms with Gasteiger partial charge in [0, 0.05) is 19.0 Å². The molecule has 1 saturated heterocycles. The number of amides is 1. The van der Waals surface area contributed by atoms with E-state index in [4.69, 9.17) is 5.73 Å². The largest absolute Gasteiger partial charge is 0.334 e. The van der Waals surface area contributed by atoms with E-state index in [2.05, 4.69) is 15.9 Å². The van der Waals surface area contributed by atoms with Gasteiger partial charge in [-0.15, -0.1) is 0 Å². The van der Waals surface area contributed by atoms with Crippen LogP contribution in [0, 0.1) is 5.82 Å². The Kier molecular flexibility index (Phi) is 5.16. The van der Waals surface area contributed by atoms with Crippen LogP contribution >= 0.6 is 15.9 Å². The van der Waals surface area contributed by atoms with E-state index in [0.29, 0.717) is 17.4 Å². The highest BCUT2D eigenvalue weighted by molar-refractivity contribution is 9.10. The van der Waals surface area contributed by atoms with Crippen LogP contribution in [0.4, 0.5) is 4.39 Å². The maximum absolute atomic E-state index is 13.8. The smallest absolute Gasteiger partial charge is 0.223 e. The van der Waals surface area contributed by atoms with E-state index in [1.54, 1.807) is 6.07 Å². The van der Waals surface area contributed by atoms with Crippen LogP contribution in [0.2, 0.25) is 0 Å². The van der Waals surface area contributed by atoms with E-state index in [1.165, 1.54) is 6.07 Å². The molecule has 5 heteroatoms. The summed E-state index contributed by atoms with van der Waals surface area (Å²) < 4.78 is 14.2. The first-order valence-corrected chi connectivity index (χ1v) is 7.84. The summed E-state index contributed by atoms with van der Waals surface area (Å²) in [4.78, 5) is 14.1. The van der Waals surface area contributed by atoms with Crippen LogP contribution in [0.25, 0.3) is 0 Å². The molecule has 2 N–H and O–H groups in total. The molecule has 0 spiro atoms. The first-order chi connectivity index (χ1) is 9.54. The summed E-state index contributed by atoms with van der Waals surface area (Å²) in [5.74, 6) is -0.198. The molecule has 2 atom stereocenters. The molecule has 20 heavy (non-hydrogen) atoms. The number of benzene rings is 1. The fourth-order valence-corrected chi connectivity index (χ4v) is 3.05. The van der Waals surface area contributed by atoms with Gasteiger partial charge >= 0.3 is 0 Å². The Morgan fingerprint density at radius 1 is 1.50 bits per heavy atom.